The number of benzene rings is 1. The molecule has 1 aromatic carbocycles. The molecule has 35 heavy (non-hydrogen) atoms. The van der Waals surface area contributed by atoms with E-state index in [4.69, 9.17) is 30.5 Å². The van der Waals surface area contributed by atoms with Crippen LogP contribution in [0.4, 0.5) is 0 Å². The Kier molecular flexibility index (Phi) is 5.89. The van der Waals surface area contributed by atoms with E-state index < -0.39 is 48.0 Å². The minimum atomic E-state index is -1.24. The van der Waals surface area contributed by atoms with E-state index in [0.717, 1.165) is 0 Å². The topological polar surface area (TPSA) is 132 Å². The quantitative estimate of drug-likeness (QED) is 0.292. The fourth-order valence-corrected chi connectivity index (χ4v) is 4.78. The molecular weight excluding hydrogens is 480 g/mol. The molecule has 1 aliphatic heterocycles. The van der Waals surface area contributed by atoms with Gasteiger partial charge in [-0.2, -0.15) is 0 Å². The lowest BCUT2D eigenvalue weighted by Gasteiger charge is -2.47. The summed E-state index contributed by atoms with van der Waals surface area (Å²) in [5, 5.41) is 0.139. The Hall–Kier alpha value is -3.57. The molecule has 12 heteroatoms. The first-order valence-electron chi connectivity index (χ1n) is 10.9. The second-order valence-electron chi connectivity index (χ2n) is 8.35. The number of halogens is 1. The van der Waals surface area contributed by atoms with Gasteiger partial charge in [0.05, 0.1) is 11.9 Å². The molecule has 3 heterocycles. The van der Waals surface area contributed by atoms with Crippen molar-refractivity contribution in [2.75, 3.05) is 0 Å². The van der Waals surface area contributed by atoms with E-state index in [1.54, 1.807) is 30.3 Å². The van der Waals surface area contributed by atoms with Crippen LogP contribution in [-0.2, 0) is 28.5 Å². The molecule has 4 unspecified atom stereocenters. The maximum Gasteiger partial charge on any atom is 0.338 e. The summed E-state index contributed by atoms with van der Waals surface area (Å²) in [7, 11) is 0. The molecule has 1 aliphatic carbocycles. The van der Waals surface area contributed by atoms with Crippen LogP contribution in [0, 0.1) is 0 Å². The van der Waals surface area contributed by atoms with E-state index in [1.807, 2.05) is 0 Å². The van der Waals surface area contributed by atoms with Crippen molar-refractivity contribution in [3.05, 3.63) is 53.7 Å². The molecular formula is C23H21ClN4O7. The standard InChI is InChI=1S/C23H21ClN4O7/c1-12(29)32-17-18(33-13(2)30)23(9-8-15(23)34-22(31)14-6-4-3-5-7-14)35-21(17)28-11-27-16-19(24)25-10-26-20(16)28/h3-7,10-11,15,17-18,21H,8-9H2,1-2H3/t15?,17?,18?,21?,23-/m0/s1. The Bertz CT molecular complexity index is 1300. The summed E-state index contributed by atoms with van der Waals surface area (Å²) in [5.74, 6) is -1.75. The Morgan fingerprint density at radius 2 is 1.80 bits per heavy atom. The molecule has 1 saturated carbocycles. The zero-order valence-electron chi connectivity index (χ0n) is 18.8. The second kappa shape index (κ2) is 8.90. The van der Waals surface area contributed by atoms with Crippen LogP contribution in [-0.4, -0.2) is 61.3 Å². The van der Waals surface area contributed by atoms with E-state index in [2.05, 4.69) is 15.0 Å². The molecule has 1 spiro atoms. The Morgan fingerprint density at radius 1 is 1.06 bits per heavy atom. The van der Waals surface area contributed by atoms with Gasteiger partial charge >= 0.3 is 17.9 Å². The lowest BCUT2D eigenvalue weighted by molar-refractivity contribution is -0.221. The molecule has 3 aromatic rings. The first kappa shape index (κ1) is 23.2. The van der Waals surface area contributed by atoms with Gasteiger partial charge in [0.15, 0.2) is 29.2 Å². The lowest BCUT2D eigenvalue weighted by Crippen LogP contribution is -2.62. The molecule has 182 valence electrons. The van der Waals surface area contributed by atoms with Crippen LogP contribution in [0.15, 0.2) is 43.0 Å². The van der Waals surface area contributed by atoms with E-state index >= 15 is 0 Å². The number of carbonyl (C=O) groups excluding carboxylic acids is 3. The van der Waals surface area contributed by atoms with E-state index in [1.165, 1.54) is 31.1 Å². The SMILES string of the molecule is CC(=O)OC1C(n2cnc3c(Cl)ncnc32)O[C@]2(CCC2OC(=O)c2ccccc2)C1OC(C)=O. The van der Waals surface area contributed by atoms with E-state index in [9.17, 15) is 14.4 Å². The van der Waals surface area contributed by atoms with Gasteiger partial charge in [-0.3, -0.25) is 14.2 Å². The summed E-state index contributed by atoms with van der Waals surface area (Å²) < 4.78 is 25.0. The summed E-state index contributed by atoms with van der Waals surface area (Å²) in [6, 6.07) is 8.52. The highest BCUT2D eigenvalue weighted by atomic mass is 35.5. The number of fused-ring (bicyclic) bond motifs is 1. The van der Waals surface area contributed by atoms with Crippen molar-refractivity contribution in [1.29, 1.82) is 0 Å². The van der Waals surface area contributed by atoms with Crippen LogP contribution in [0.3, 0.4) is 0 Å². The number of esters is 3. The average molecular weight is 501 g/mol. The van der Waals surface area contributed by atoms with Crippen LogP contribution in [0.25, 0.3) is 11.2 Å². The highest BCUT2D eigenvalue weighted by molar-refractivity contribution is 6.33. The van der Waals surface area contributed by atoms with Gasteiger partial charge in [-0.15, -0.1) is 0 Å². The summed E-state index contributed by atoms with van der Waals surface area (Å²) in [4.78, 5) is 49.3. The van der Waals surface area contributed by atoms with Gasteiger partial charge in [0, 0.05) is 13.8 Å². The fraction of sp³-hybridized carbons (Fsp3) is 0.391. The van der Waals surface area contributed by atoms with Gasteiger partial charge in [-0.1, -0.05) is 29.8 Å². The number of hydrogen-bond donors (Lipinski definition) is 0. The molecule has 0 radical (unpaired) electrons. The number of hydrogen-bond acceptors (Lipinski definition) is 10. The molecule has 2 fully saturated rings. The van der Waals surface area contributed by atoms with Gasteiger partial charge in [0.25, 0.3) is 0 Å². The van der Waals surface area contributed by atoms with Gasteiger partial charge in [-0.25, -0.2) is 19.7 Å². The third-order valence-corrected chi connectivity index (χ3v) is 6.46. The lowest BCUT2D eigenvalue weighted by atomic mass is 9.72. The van der Waals surface area contributed by atoms with Crippen molar-refractivity contribution < 1.29 is 33.3 Å². The average Bonchev–Trinajstić information content (AvgIpc) is 3.38. The molecule has 1 saturated heterocycles. The maximum atomic E-state index is 12.8. The highest BCUT2D eigenvalue weighted by Crippen LogP contribution is 2.53. The summed E-state index contributed by atoms with van der Waals surface area (Å²) in [6.45, 7) is 2.49. The van der Waals surface area contributed by atoms with Crippen LogP contribution < -0.4 is 0 Å². The Balaban J connectivity index is 1.54. The van der Waals surface area contributed by atoms with Crippen LogP contribution in [0.1, 0.15) is 43.3 Å². The van der Waals surface area contributed by atoms with Crippen LogP contribution in [0.5, 0.6) is 0 Å². The summed E-state index contributed by atoms with van der Waals surface area (Å²) in [5.41, 5.74) is -0.210. The molecule has 2 aromatic heterocycles. The molecule has 11 nitrogen and oxygen atoms in total. The van der Waals surface area contributed by atoms with Crippen LogP contribution >= 0.6 is 11.6 Å². The molecule has 0 N–H and O–H groups in total. The smallest absolute Gasteiger partial charge is 0.338 e. The molecule has 5 rings (SSSR count). The van der Waals surface area contributed by atoms with Crippen molar-refractivity contribution >= 4 is 40.7 Å². The monoisotopic (exact) mass is 500 g/mol. The van der Waals surface area contributed by atoms with Gasteiger partial charge in [0.1, 0.15) is 23.5 Å². The third kappa shape index (κ3) is 4.00. The number of rotatable bonds is 5. The predicted octanol–water partition coefficient (Wildman–Crippen LogP) is 2.63. The minimum absolute atomic E-state index is 0.139. The minimum Gasteiger partial charge on any atom is -0.456 e. The van der Waals surface area contributed by atoms with Crippen molar-refractivity contribution in [2.45, 2.75) is 56.8 Å². The van der Waals surface area contributed by atoms with Crippen molar-refractivity contribution in [2.24, 2.45) is 0 Å². The number of aromatic nitrogens is 4. The normalized spacial score (nSPS) is 27.4. The zero-order chi connectivity index (χ0) is 24.7. The fourth-order valence-electron chi connectivity index (χ4n) is 4.61. The Morgan fingerprint density at radius 3 is 2.46 bits per heavy atom. The van der Waals surface area contributed by atoms with Crippen molar-refractivity contribution in [1.82, 2.24) is 19.5 Å². The van der Waals surface area contributed by atoms with Crippen molar-refractivity contribution in [3.8, 4) is 0 Å². The van der Waals surface area contributed by atoms with Crippen LogP contribution in [0.2, 0.25) is 5.15 Å². The first-order valence-corrected chi connectivity index (χ1v) is 11.3. The molecule has 5 atom stereocenters. The predicted molar refractivity (Wildman–Crippen MR) is 119 cm³/mol. The number of nitrogens with zero attached hydrogens (tertiary/aromatic N) is 4. The molecule has 2 aliphatic rings. The van der Waals surface area contributed by atoms with Gasteiger partial charge < -0.3 is 18.9 Å². The Labute approximate surface area is 204 Å². The van der Waals surface area contributed by atoms with E-state index in [-0.39, 0.29) is 5.15 Å². The number of carbonyl (C=O) groups is 3. The highest BCUT2D eigenvalue weighted by Gasteiger charge is 2.68. The van der Waals surface area contributed by atoms with Gasteiger partial charge in [-0.05, 0) is 25.0 Å². The van der Waals surface area contributed by atoms with E-state index in [0.29, 0.717) is 29.6 Å². The third-order valence-electron chi connectivity index (χ3n) is 6.19. The summed E-state index contributed by atoms with van der Waals surface area (Å²) in [6.07, 6.45) is -0.297. The van der Waals surface area contributed by atoms with Gasteiger partial charge in [0.2, 0.25) is 0 Å². The molecule has 0 bridgehead atoms. The largest absolute Gasteiger partial charge is 0.456 e. The first-order chi connectivity index (χ1) is 16.8. The molecule has 0 amide bonds. The summed E-state index contributed by atoms with van der Waals surface area (Å²) >= 11 is 6.15. The zero-order valence-corrected chi connectivity index (χ0v) is 19.5. The maximum absolute atomic E-state index is 12.8. The van der Waals surface area contributed by atoms with Crippen molar-refractivity contribution in [3.63, 3.8) is 0 Å². The number of imidazole rings is 1. The second-order valence-corrected chi connectivity index (χ2v) is 8.71. The number of ether oxygens (including phenoxy) is 4.